The molecule has 0 bridgehead atoms. The molecule has 1 amide bonds. The second-order valence-corrected chi connectivity index (χ2v) is 9.06. The van der Waals surface area contributed by atoms with Gasteiger partial charge in [-0.05, 0) is 42.8 Å². The van der Waals surface area contributed by atoms with Crippen molar-refractivity contribution in [2.24, 2.45) is 0 Å². The molecule has 1 unspecified atom stereocenters. The van der Waals surface area contributed by atoms with Crippen LogP contribution in [0.1, 0.15) is 33.5 Å². The summed E-state index contributed by atoms with van der Waals surface area (Å²) in [6.45, 7) is 1.61. The highest BCUT2D eigenvalue weighted by molar-refractivity contribution is 7.22. The van der Waals surface area contributed by atoms with Gasteiger partial charge >= 0.3 is 6.18 Å². The van der Waals surface area contributed by atoms with E-state index in [0.29, 0.717) is 21.7 Å². The fraction of sp³-hybridized carbons (Fsp3) is 0.125. The molecule has 4 N–H and O–H groups in total. The molecule has 0 saturated heterocycles. The van der Waals surface area contributed by atoms with Gasteiger partial charge in [0.25, 0.3) is 5.91 Å². The van der Waals surface area contributed by atoms with Crippen molar-refractivity contribution in [1.82, 2.24) is 4.98 Å². The Morgan fingerprint density at radius 1 is 1.14 bits per heavy atom. The van der Waals surface area contributed by atoms with E-state index in [2.05, 4.69) is 4.98 Å². The van der Waals surface area contributed by atoms with Gasteiger partial charge in [-0.25, -0.2) is 10.2 Å². The molecule has 1 aliphatic rings. The monoisotopic (exact) mass is 516 g/mol. The van der Waals surface area contributed by atoms with Gasteiger partial charge in [-0.2, -0.15) is 18.7 Å². The Hall–Kier alpha value is -4.00. The number of carbonyl (C=O) groups excluding carboxylic acids is 2. The molecule has 12 heteroatoms. The topological polar surface area (TPSA) is 120 Å². The third-order valence-corrected chi connectivity index (χ3v) is 6.74. The lowest BCUT2D eigenvalue weighted by Gasteiger charge is -2.24. The molecule has 0 spiro atoms. The van der Waals surface area contributed by atoms with Crippen LogP contribution in [0.15, 0.2) is 70.3 Å². The van der Waals surface area contributed by atoms with Crippen molar-refractivity contribution >= 4 is 44.1 Å². The van der Waals surface area contributed by atoms with Crippen molar-refractivity contribution in [1.29, 1.82) is 0 Å². The number of hydrogen-bond donors (Lipinski definition) is 3. The highest BCUT2D eigenvalue weighted by atomic mass is 32.1. The number of fused-ring (bicyclic) bond motifs is 1. The zero-order valence-electron chi connectivity index (χ0n) is 18.4. The molecule has 1 atom stereocenters. The molecule has 4 aromatic rings. The molecular formula is C24H17F3N3O5S+. The summed E-state index contributed by atoms with van der Waals surface area (Å²) < 4.78 is 45.5. The lowest BCUT2D eigenvalue weighted by atomic mass is 9.94. The number of halogens is 3. The number of hydrogen-bond acceptors (Lipinski definition) is 7. The van der Waals surface area contributed by atoms with Crippen LogP contribution in [0.4, 0.5) is 24.0 Å². The van der Waals surface area contributed by atoms with Gasteiger partial charge in [0.15, 0.2) is 22.3 Å². The number of nitrogens with two attached hydrogens (primary N) is 1. The second kappa shape index (κ2) is 8.59. The fourth-order valence-electron chi connectivity index (χ4n) is 4.01. The summed E-state index contributed by atoms with van der Waals surface area (Å²) in [5, 5.41) is 20.2. The van der Waals surface area contributed by atoms with Gasteiger partial charge < -0.3 is 9.52 Å². The van der Waals surface area contributed by atoms with Gasteiger partial charge in [0.05, 0.1) is 27.4 Å². The predicted octanol–water partition coefficient (Wildman–Crippen LogP) is 4.58. The van der Waals surface area contributed by atoms with E-state index in [1.54, 1.807) is 25.1 Å². The number of Topliss-reactive ketones (excluding diaryl/α,β-unsaturated/α-hetero) is 1. The van der Waals surface area contributed by atoms with Crippen molar-refractivity contribution in [3.63, 3.8) is 0 Å². The molecule has 3 heterocycles. The number of quaternary nitrogens is 1. The number of thiazole rings is 1. The smallest absolute Gasteiger partial charge is 0.416 e. The fourth-order valence-corrected chi connectivity index (χ4v) is 5.05. The Morgan fingerprint density at radius 3 is 2.47 bits per heavy atom. The standard InChI is InChI=1S/C24H16F3N3O5S/c1-11-2-9-16(35-11)20(31)18-19(12-3-5-13(6-4-12)24(25,26)27)30(22(33)21(18)32)23-28-15-8-7-14(29-34)10-17(15)36-23/h2-10,19,29,32,34H,1H3/p+1. The van der Waals surface area contributed by atoms with Gasteiger partial charge in [-0.3, -0.25) is 14.5 Å². The van der Waals surface area contributed by atoms with Crippen LogP contribution in [-0.2, 0) is 11.0 Å². The van der Waals surface area contributed by atoms with Crippen LogP contribution in [0, 0.1) is 6.92 Å². The molecule has 0 saturated carbocycles. The molecule has 0 radical (unpaired) electrons. The number of rotatable bonds is 5. The molecule has 5 rings (SSSR count). The number of aryl methyl sites for hydroxylation is 1. The molecule has 8 nitrogen and oxygen atoms in total. The molecule has 0 aliphatic carbocycles. The van der Waals surface area contributed by atoms with Crippen molar-refractivity contribution in [2.75, 3.05) is 4.90 Å². The zero-order valence-corrected chi connectivity index (χ0v) is 19.2. The van der Waals surface area contributed by atoms with Crippen molar-refractivity contribution in [3.8, 4) is 0 Å². The summed E-state index contributed by atoms with van der Waals surface area (Å²) in [5.41, 5.74) is 0.807. The number of benzene rings is 2. The van der Waals surface area contributed by atoms with Crippen LogP contribution in [0.5, 0.6) is 0 Å². The lowest BCUT2D eigenvalue weighted by Crippen LogP contribution is -2.73. The summed E-state index contributed by atoms with van der Waals surface area (Å²) in [6, 6.07) is 10.5. The first kappa shape index (κ1) is 23.7. The van der Waals surface area contributed by atoms with E-state index in [0.717, 1.165) is 46.0 Å². The highest BCUT2D eigenvalue weighted by Gasteiger charge is 2.46. The Balaban J connectivity index is 1.66. The molecule has 2 aromatic carbocycles. The van der Waals surface area contributed by atoms with E-state index in [9.17, 15) is 33.1 Å². The maximum Gasteiger partial charge on any atom is 0.416 e. The summed E-state index contributed by atoms with van der Waals surface area (Å²) in [5.74, 6) is -2.26. The summed E-state index contributed by atoms with van der Waals surface area (Å²) in [4.78, 5) is 32.1. The Kier molecular flexibility index (Phi) is 5.66. The molecule has 1 aliphatic heterocycles. The summed E-state index contributed by atoms with van der Waals surface area (Å²) in [7, 11) is 0. The van der Waals surface area contributed by atoms with E-state index in [4.69, 9.17) is 4.42 Å². The van der Waals surface area contributed by atoms with Gasteiger partial charge in [-0.15, -0.1) is 0 Å². The van der Waals surface area contributed by atoms with Gasteiger partial charge in [0.2, 0.25) is 5.78 Å². The predicted molar refractivity (Wildman–Crippen MR) is 122 cm³/mol. The number of ketones is 1. The largest absolute Gasteiger partial charge is 0.503 e. The quantitative estimate of drug-likeness (QED) is 0.203. The number of alkyl halides is 3. The van der Waals surface area contributed by atoms with Crippen molar-refractivity contribution in [3.05, 3.63) is 88.6 Å². The lowest BCUT2D eigenvalue weighted by molar-refractivity contribution is -0.825. The third-order valence-electron chi connectivity index (χ3n) is 5.73. The number of furan rings is 1. The van der Waals surface area contributed by atoms with Crippen LogP contribution >= 0.6 is 11.3 Å². The van der Waals surface area contributed by atoms with Crippen LogP contribution in [0.3, 0.4) is 0 Å². The number of aromatic nitrogens is 1. The minimum absolute atomic E-state index is 0.111. The minimum atomic E-state index is -4.58. The maximum atomic E-state index is 13.3. The van der Waals surface area contributed by atoms with Gasteiger partial charge in [0, 0.05) is 12.1 Å². The van der Waals surface area contributed by atoms with Crippen LogP contribution in [0.2, 0.25) is 0 Å². The van der Waals surface area contributed by atoms with E-state index in [1.165, 1.54) is 12.1 Å². The Labute approximate surface area is 204 Å². The number of anilines is 1. The van der Waals surface area contributed by atoms with Crippen LogP contribution < -0.4 is 10.4 Å². The average Bonchev–Trinajstić information content (AvgIpc) is 3.53. The molecule has 0 fully saturated rings. The van der Waals surface area contributed by atoms with Crippen molar-refractivity contribution in [2.45, 2.75) is 19.1 Å². The number of nitrogens with zero attached hydrogens (tertiary/aromatic N) is 2. The molecule has 2 aromatic heterocycles. The Bertz CT molecular complexity index is 1540. The summed E-state index contributed by atoms with van der Waals surface area (Å²) in [6.07, 6.45) is -4.58. The first-order chi connectivity index (χ1) is 17.1. The highest BCUT2D eigenvalue weighted by Crippen LogP contribution is 2.45. The van der Waals surface area contributed by atoms with E-state index in [-0.39, 0.29) is 22.0 Å². The SMILES string of the molecule is Cc1ccc(C(=O)C2=C(O)C(=O)N(c3nc4ccc([NH2+]O)cc4s3)C2c2ccc(C(F)(F)F)cc2)o1. The van der Waals surface area contributed by atoms with Crippen LogP contribution in [-0.4, -0.2) is 27.0 Å². The molecule has 36 heavy (non-hydrogen) atoms. The van der Waals surface area contributed by atoms with E-state index in [1.807, 2.05) is 0 Å². The van der Waals surface area contributed by atoms with E-state index < -0.39 is 35.2 Å². The van der Waals surface area contributed by atoms with Crippen molar-refractivity contribution < 1.29 is 43.0 Å². The zero-order chi connectivity index (χ0) is 25.8. The van der Waals surface area contributed by atoms with Gasteiger partial charge in [-0.1, -0.05) is 23.5 Å². The number of carbonyl (C=O) groups is 2. The molecule has 184 valence electrons. The maximum absolute atomic E-state index is 13.3. The van der Waals surface area contributed by atoms with Gasteiger partial charge in [0.1, 0.15) is 5.76 Å². The molecular weight excluding hydrogens is 499 g/mol. The number of aliphatic hydroxyl groups excluding tert-OH is 1. The third kappa shape index (κ3) is 3.94. The normalized spacial score (nSPS) is 16.4. The average molecular weight is 516 g/mol. The second-order valence-electron chi connectivity index (χ2n) is 8.05. The minimum Gasteiger partial charge on any atom is -0.503 e. The summed E-state index contributed by atoms with van der Waals surface area (Å²) >= 11 is 1.06. The number of aliphatic hydroxyl groups is 1. The van der Waals surface area contributed by atoms with E-state index >= 15 is 0 Å². The first-order valence-electron chi connectivity index (χ1n) is 10.5. The Morgan fingerprint density at radius 2 is 1.86 bits per heavy atom. The van der Waals surface area contributed by atoms with Crippen LogP contribution in [0.25, 0.3) is 10.2 Å². The first-order valence-corrected chi connectivity index (χ1v) is 11.3. The number of amides is 1.